The van der Waals surface area contributed by atoms with E-state index in [0.29, 0.717) is 19.3 Å². The van der Waals surface area contributed by atoms with E-state index in [2.05, 4.69) is 5.10 Å². The molecule has 154 valence electrons. The normalized spacial score (nSPS) is 16.5. The molecule has 2 aromatic rings. The maximum absolute atomic E-state index is 12.7. The fraction of sp³-hybridized carbons (Fsp3) is 0.333. The third-order valence-electron chi connectivity index (χ3n) is 4.82. The van der Waals surface area contributed by atoms with Crippen LogP contribution in [0.4, 0.5) is 0 Å². The number of hydrogen-bond acceptors (Lipinski definition) is 6. The van der Waals surface area contributed by atoms with Gasteiger partial charge in [-0.3, -0.25) is 0 Å². The van der Waals surface area contributed by atoms with Crippen LogP contribution >= 0.6 is 0 Å². The second-order valence-electron chi connectivity index (χ2n) is 6.68. The highest BCUT2D eigenvalue weighted by atomic mass is 32.2. The van der Waals surface area contributed by atoms with E-state index in [9.17, 15) is 13.2 Å². The van der Waals surface area contributed by atoms with Gasteiger partial charge >= 0.3 is 5.97 Å². The van der Waals surface area contributed by atoms with Crippen molar-refractivity contribution in [1.29, 1.82) is 0 Å². The number of benzene rings is 2. The summed E-state index contributed by atoms with van der Waals surface area (Å²) in [5.41, 5.74) is 2.97. The van der Waals surface area contributed by atoms with E-state index in [4.69, 9.17) is 9.47 Å². The lowest BCUT2D eigenvalue weighted by atomic mass is 10.0. The predicted octanol–water partition coefficient (Wildman–Crippen LogP) is 2.86. The van der Waals surface area contributed by atoms with Gasteiger partial charge in [-0.1, -0.05) is 36.4 Å². The van der Waals surface area contributed by atoms with Crippen molar-refractivity contribution < 1.29 is 22.7 Å². The van der Waals surface area contributed by atoms with Crippen molar-refractivity contribution >= 4 is 22.2 Å². The quantitative estimate of drug-likeness (QED) is 0.648. The molecule has 0 aromatic heterocycles. The minimum absolute atomic E-state index is 0.139. The summed E-state index contributed by atoms with van der Waals surface area (Å²) in [6.07, 6.45) is 2.75. The minimum Gasteiger partial charge on any atom is -0.497 e. The summed E-state index contributed by atoms with van der Waals surface area (Å²) >= 11 is 0. The molecule has 7 nitrogen and oxygen atoms in total. The number of aryl methyl sites for hydroxylation is 1. The van der Waals surface area contributed by atoms with Crippen LogP contribution in [0.25, 0.3) is 11.1 Å². The van der Waals surface area contributed by atoms with Gasteiger partial charge in [-0.05, 0) is 48.1 Å². The molecule has 0 spiro atoms. The zero-order valence-electron chi connectivity index (χ0n) is 16.4. The minimum atomic E-state index is -3.74. The largest absolute Gasteiger partial charge is 0.497 e. The number of methoxy groups -OCH3 is 2. The Labute approximate surface area is 171 Å². The van der Waals surface area contributed by atoms with E-state index in [0.717, 1.165) is 26.9 Å². The number of esters is 1. The van der Waals surface area contributed by atoms with Gasteiger partial charge in [-0.25, -0.2) is 13.2 Å². The predicted molar refractivity (Wildman–Crippen MR) is 111 cm³/mol. The molecule has 3 rings (SSSR count). The first kappa shape index (κ1) is 20.9. The van der Waals surface area contributed by atoms with Gasteiger partial charge in [-0.2, -0.15) is 9.52 Å². The van der Waals surface area contributed by atoms with Crippen LogP contribution in [0.3, 0.4) is 0 Å². The van der Waals surface area contributed by atoms with Crippen molar-refractivity contribution in [2.24, 2.45) is 5.10 Å². The molecule has 0 fully saturated rings. The van der Waals surface area contributed by atoms with E-state index in [1.807, 2.05) is 48.5 Å². The van der Waals surface area contributed by atoms with Crippen molar-refractivity contribution in [2.45, 2.75) is 25.3 Å². The number of hydrogen-bond donors (Lipinski definition) is 0. The number of ether oxygens (including phenoxy) is 2. The van der Waals surface area contributed by atoms with Crippen molar-refractivity contribution in [3.8, 4) is 16.9 Å². The summed E-state index contributed by atoms with van der Waals surface area (Å²) in [6, 6.07) is 14.6. The summed E-state index contributed by atoms with van der Waals surface area (Å²) in [6.45, 7) is 0. The molecule has 1 aliphatic heterocycles. The van der Waals surface area contributed by atoms with Crippen LogP contribution in [-0.2, 0) is 26.0 Å². The average molecular weight is 416 g/mol. The van der Waals surface area contributed by atoms with Crippen molar-refractivity contribution in [2.75, 3.05) is 20.0 Å². The number of sulfonamides is 1. The molecule has 1 heterocycles. The zero-order valence-corrected chi connectivity index (χ0v) is 17.3. The number of carbonyl (C=O) groups is 1. The third kappa shape index (κ3) is 4.95. The van der Waals surface area contributed by atoms with Gasteiger partial charge < -0.3 is 9.47 Å². The number of hydrazone groups is 1. The van der Waals surface area contributed by atoms with Gasteiger partial charge in [0.2, 0.25) is 0 Å². The Bertz CT molecular complexity index is 969. The van der Waals surface area contributed by atoms with E-state index < -0.39 is 22.0 Å². The molecule has 8 heteroatoms. The highest BCUT2D eigenvalue weighted by Gasteiger charge is 2.35. The Morgan fingerprint density at radius 1 is 1.07 bits per heavy atom. The van der Waals surface area contributed by atoms with Gasteiger partial charge in [0.05, 0.1) is 20.0 Å². The summed E-state index contributed by atoms with van der Waals surface area (Å²) in [5, 5.41) is 3.94. The van der Waals surface area contributed by atoms with Crippen LogP contribution in [0.1, 0.15) is 18.4 Å². The lowest BCUT2D eigenvalue weighted by Crippen LogP contribution is -2.45. The van der Waals surface area contributed by atoms with E-state index >= 15 is 0 Å². The molecule has 0 aliphatic carbocycles. The molecular weight excluding hydrogens is 392 g/mol. The Balaban J connectivity index is 1.67. The number of rotatable bonds is 7. The molecule has 0 saturated carbocycles. The fourth-order valence-corrected chi connectivity index (χ4v) is 4.63. The summed E-state index contributed by atoms with van der Waals surface area (Å²) < 4.78 is 36.2. The van der Waals surface area contributed by atoms with Crippen LogP contribution < -0.4 is 4.74 Å². The standard InChI is InChI=1S/C21H24N2O5S/c1-27-19-11-9-18(10-12-19)17-7-5-16(6-8-17)13-15-29(25,26)23-20(21(24)28-2)4-3-14-22-23/h5-12,14,20H,3-4,13,15H2,1-2H3. The average Bonchev–Trinajstić information content (AvgIpc) is 2.77. The SMILES string of the molecule is COC(=O)C1CCC=NN1S(=O)(=O)CCc1ccc(-c2ccc(OC)cc2)cc1. The first-order chi connectivity index (χ1) is 13.9. The van der Waals surface area contributed by atoms with E-state index in [1.54, 1.807) is 7.11 Å². The summed E-state index contributed by atoms with van der Waals surface area (Å²) in [5.74, 6) is 0.0650. The molecule has 0 saturated heterocycles. The van der Waals surface area contributed by atoms with Crippen LogP contribution in [0.15, 0.2) is 53.6 Å². The van der Waals surface area contributed by atoms with Gasteiger partial charge in [0, 0.05) is 6.21 Å². The molecule has 29 heavy (non-hydrogen) atoms. The fourth-order valence-electron chi connectivity index (χ4n) is 3.16. The van der Waals surface area contributed by atoms with Crippen LogP contribution in [0.5, 0.6) is 5.75 Å². The third-order valence-corrected chi connectivity index (χ3v) is 6.45. The van der Waals surface area contributed by atoms with Crippen molar-refractivity contribution in [3.63, 3.8) is 0 Å². The molecule has 0 N–H and O–H groups in total. The summed E-state index contributed by atoms with van der Waals surface area (Å²) in [4.78, 5) is 11.9. The molecule has 0 amide bonds. The molecule has 1 atom stereocenters. The van der Waals surface area contributed by atoms with Crippen molar-refractivity contribution in [3.05, 3.63) is 54.1 Å². The van der Waals surface area contributed by atoms with Gasteiger partial charge in [-0.15, -0.1) is 0 Å². The zero-order chi connectivity index (χ0) is 20.9. The Morgan fingerprint density at radius 3 is 2.28 bits per heavy atom. The topological polar surface area (TPSA) is 85.3 Å². The Morgan fingerprint density at radius 2 is 1.69 bits per heavy atom. The Kier molecular flexibility index (Phi) is 6.53. The Hall–Kier alpha value is -2.87. The van der Waals surface area contributed by atoms with Crippen molar-refractivity contribution in [1.82, 2.24) is 4.41 Å². The first-order valence-electron chi connectivity index (χ1n) is 9.30. The molecule has 1 aliphatic rings. The van der Waals surface area contributed by atoms with Crippen LogP contribution in [0.2, 0.25) is 0 Å². The van der Waals surface area contributed by atoms with Gasteiger partial charge in [0.25, 0.3) is 10.0 Å². The van der Waals surface area contributed by atoms with Gasteiger partial charge in [0.1, 0.15) is 5.75 Å². The van der Waals surface area contributed by atoms with E-state index in [-0.39, 0.29) is 5.75 Å². The van der Waals surface area contributed by atoms with Gasteiger partial charge in [0.15, 0.2) is 6.04 Å². The lowest BCUT2D eigenvalue weighted by Gasteiger charge is -2.28. The maximum Gasteiger partial charge on any atom is 0.331 e. The lowest BCUT2D eigenvalue weighted by molar-refractivity contribution is -0.145. The highest BCUT2D eigenvalue weighted by Crippen LogP contribution is 2.24. The monoisotopic (exact) mass is 416 g/mol. The second-order valence-corrected chi connectivity index (χ2v) is 8.62. The molecule has 0 bridgehead atoms. The maximum atomic E-state index is 12.7. The smallest absolute Gasteiger partial charge is 0.331 e. The highest BCUT2D eigenvalue weighted by molar-refractivity contribution is 7.89. The van der Waals surface area contributed by atoms with Crippen LogP contribution in [0, 0.1) is 0 Å². The second kappa shape index (κ2) is 9.09. The molecule has 1 unspecified atom stereocenters. The van der Waals surface area contributed by atoms with E-state index in [1.165, 1.54) is 13.3 Å². The number of nitrogens with zero attached hydrogens (tertiary/aromatic N) is 2. The molecule has 0 radical (unpaired) electrons. The number of carbonyl (C=O) groups excluding carboxylic acids is 1. The molecule has 2 aromatic carbocycles. The van der Waals surface area contributed by atoms with Crippen LogP contribution in [-0.4, -0.2) is 51.0 Å². The molecular formula is C21H24N2O5S. The summed E-state index contributed by atoms with van der Waals surface area (Å²) in [7, 11) is -0.864. The first-order valence-corrected chi connectivity index (χ1v) is 10.9.